The number of carboxylic acids is 1. The van der Waals surface area contributed by atoms with E-state index in [4.69, 9.17) is 5.11 Å². The number of likely N-dealkylation sites (N-methyl/N-ethyl adjacent to an activating group) is 1. The van der Waals surface area contributed by atoms with E-state index in [1.165, 1.54) is 19.2 Å². The van der Waals surface area contributed by atoms with Gasteiger partial charge in [-0.1, -0.05) is 0 Å². The van der Waals surface area contributed by atoms with Crippen LogP contribution in [-0.4, -0.2) is 50.5 Å². The van der Waals surface area contributed by atoms with Crippen LogP contribution < -0.4 is 0 Å². The van der Waals surface area contributed by atoms with Gasteiger partial charge in [-0.15, -0.1) is 0 Å². The molecule has 9 heteroatoms. The second-order valence-corrected chi connectivity index (χ2v) is 6.66. The van der Waals surface area contributed by atoms with Crippen LogP contribution in [0.15, 0.2) is 27.6 Å². The van der Waals surface area contributed by atoms with E-state index in [1.807, 2.05) is 0 Å². The van der Waals surface area contributed by atoms with Crippen molar-refractivity contribution in [2.45, 2.75) is 4.90 Å². The first-order valence-electron chi connectivity index (χ1n) is 5.26. The highest BCUT2D eigenvalue weighted by Gasteiger charge is 2.26. The molecule has 20 heavy (non-hydrogen) atoms. The standard InChI is InChI=1S/C11H12BrNO6S/c1-13(6-10(14)19-2)20(17,18)9-4-3-7(11(15)16)5-8(9)12/h3-5H,6H2,1-2H3,(H,15,16). The molecule has 0 bridgehead atoms. The maximum atomic E-state index is 12.2. The van der Waals surface area contributed by atoms with Gasteiger partial charge in [0.1, 0.15) is 6.54 Å². The van der Waals surface area contributed by atoms with Crippen molar-refractivity contribution in [1.29, 1.82) is 0 Å². The molecule has 1 aromatic carbocycles. The van der Waals surface area contributed by atoms with Crippen LogP contribution in [0, 0.1) is 0 Å². The van der Waals surface area contributed by atoms with Gasteiger partial charge in [0.2, 0.25) is 10.0 Å². The van der Waals surface area contributed by atoms with Crippen LogP contribution in [0.5, 0.6) is 0 Å². The summed E-state index contributed by atoms with van der Waals surface area (Å²) in [4.78, 5) is 21.8. The van der Waals surface area contributed by atoms with Crippen molar-refractivity contribution >= 4 is 37.9 Å². The molecule has 0 aromatic heterocycles. The zero-order chi connectivity index (χ0) is 15.5. The topological polar surface area (TPSA) is 101 Å². The zero-order valence-electron chi connectivity index (χ0n) is 10.7. The third kappa shape index (κ3) is 3.56. The van der Waals surface area contributed by atoms with E-state index in [1.54, 1.807) is 0 Å². The quantitative estimate of drug-likeness (QED) is 0.779. The van der Waals surface area contributed by atoms with Gasteiger partial charge in [0.25, 0.3) is 0 Å². The molecule has 0 atom stereocenters. The van der Waals surface area contributed by atoms with Crippen LogP contribution in [0.3, 0.4) is 0 Å². The van der Waals surface area contributed by atoms with Crippen molar-refractivity contribution in [3.63, 3.8) is 0 Å². The summed E-state index contributed by atoms with van der Waals surface area (Å²) in [7, 11) is -1.55. The number of nitrogens with zero attached hydrogens (tertiary/aromatic N) is 1. The molecule has 0 saturated carbocycles. The number of sulfonamides is 1. The minimum absolute atomic E-state index is 0.0496. The van der Waals surface area contributed by atoms with E-state index in [2.05, 4.69) is 20.7 Å². The Kier molecular flexibility index (Phi) is 5.26. The molecular weight excluding hydrogens is 354 g/mol. The Hall–Kier alpha value is -1.45. The lowest BCUT2D eigenvalue weighted by Gasteiger charge is -2.16. The molecule has 0 spiro atoms. The van der Waals surface area contributed by atoms with Crippen LogP contribution >= 0.6 is 15.9 Å². The molecule has 0 heterocycles. The fraction of sp³-hybridized carbons (Fsp3) is 0.273. The summed E-state index contributed by atoms with van der Waals surface area (Å²) >= 11 is 3.02. The number of carbonyl (C=O) groups is 2. The number of methoxy groups -OCH3 is 1. The Labute approximate surface area is 124 Å². The summed E-state index contributed by atoms with van der Waals surface area (Å²) in [5, 5.41) is 8.82. The summed E-state index contributed by atoms with van der Waals surface area (Å²) < 4.78 is 29.8. The molecule has 0 aliphatic carbocycles. The monoisotopic (exact) mass is 365 g/mol. The fourth-order valence-electron chi connectivity index (χ4n) is 1.34. The molecule has 1 aromatic rings. The van der Waals surface area contributed by atoms with Gasteiger partial charge in [-0.2, -0.15) is 4.31 Å². The minimum atomic E-state index is -3.92. The molecule has 110 valence electrons. The van der Waals surface area contributed by atoms with Gasteiger partial charge in [0, 0.05) is 11.5 Å². The van der Waals surface area contributed by atoms with E-state index >= 15 is 0 Å². The van der Waals surface area contributed by atoms with E-state index in [0.717, 1.165) is 17.5 Å². The zero-order valence-corrected chi connectivity index (χ0v) is 13.1. The molecule has 0 aliphatic rings. The van der Waals surface area contributed by atoms with Crippen molar-refractivity contribution in [2.24, 2.45) is 0 Å². The third-order valence-electron chi connectivity index (χ3n) is 2.45. The highest BCUT2D eigenvalue weighted by atomic mass is 79.9. The fourth-order valence-corrected chi connectivity index (χ4v) is 3.49. The van der Waals surface area contributed by atoms with E-state index in [-0.39, 0.29) is 14.9 Å². The lowest BCUT2D eigenvalue weighted by atomic mass is 10.2. The predicted molar refractivity (Wildman–Crippen MR) is 72.9 cm³/mol. The minimum Gasteiger partial charge on any atom is -0.478 e. The molecule has 1 rings (SSSR count). The predicted octanol–water partition coefficient (Wildman–Crippen LogP) is 0.941. The average Bonchev–Trinajstić information content (AvgIpc) is 2.37. The average molecular weight is 366 g/mol. The molecule has 0 fully saturated rings. The second-order valence-electron chi connectivity index (χ2n) is 3.79. The smallest absolute Gasteiger partial charge is 0.335 e. The summed E-state index contributed by atoms with van der Waals surface area (Å²) in [6, 6.07) is 3.52. The van der Waals surface area contributed by atoms with Crippen LogP contribution in [0.4, 0.5) is 0 Å². The van der Waals surface area contributed by atoms with E-state index < -0.39 is 28.5 Å². The molecule has 1 N–H and O–H groups in total. The number of hydrogen-bond donors (Lipinski definition) is 1. The first kappa shape index (κ1) is 16.6. The highest BCUT2D eigenvalue weighted by Crippen LogP contribution is 2.25. The van der Waals surface area contributed by atoms with Gasteiger partial charge in [0.15, 0.2) is 0 Å². The number of hydrogen-bond acceptors (Lipinski definition) is 5. The SMILES string of the molecule is COC(=O)CN(C)S(=O)(=O)c1ccc(C(=O)O)cc1Br. The van der Waals surface area contributed by atoms with Gasteiger partial charge in [-0.25, -0.2) is 13.2 Å². The van der Waals surface area contributed by atoms with Crippen molar-refractivity contribution in [3.8, 4) is 0 Å². The maximum absolute atomic E-state index is 12.2. The molecule has 0 aliphatic heterocycles. The van der Waals surface area contributed by atoms with Gasteiger partial charge in [0.05, 0.1) is 17.6 Å². The first-order valence-corrected chi connectivity index (χ1v) is 7.49. The van der Waals surface area contributed by atoms with Gasteiger partial charge in [-0.3, -0.25) is 4.79 Å². The van der Waals surface area contributed by atoms with E-state index in [9.17, 15) is 18.0 Å². The second kappa shape index (κ2) is 6.33. The van der Waals surface area contributed by atoms with Gasteiger partial charge < -0.3 is 9.84 Å². The van der Waals surface area contributed by atoms with Crippen LogP contribution in [0.25, 0.3) is 0 Å². The summed E-state index contributed by atoms with van der Waals surface area (Å²) in [6.45, 7) is -0.439. The Balaban J connectivity index is 3.16. The third-order valence-corrected chi connectivity index (χ3v) is 5.23. The number of carbonyl (C=O) groups excluding carboxylic acids is 1. The van der Waals surface area contributed by atoms with Crippen molar-refractivity contribution < 1.29 is 27.9 Å². The van der Waals surface area contributed by atoms with Crippen molar-refractivity contribution in [3.05, 3.63) is 28.2 Å². The molecule has 0 saturated heterocycles. The number of esters is 1. The number of ether oxygens (including phenoxy) is 1. The van der Waals surface area contributed by atoms with Crippen molar-refractivity contribution in [2.75, 3.05) is 20.7 Å². The summed E-state index contributed by atoms with van der Waals surface area (Å²) in [6.07, 6.45) is 0. The first-order chi connectivity index (χ1) is 9.20. The Bertz CT molecular complexity index is 642. The lowest BCUT2D eigenvalue weighted by molar-refractivity contribution is -0.140. The number of halogens is 1. The van der Waals surface area contributed by atoms with Crippen LogP contribution in [0.1, 0.15) is 10.4 Å². The lowest BCUT2D eigenvalue weighted by Crippen LogP contribution is -2.33. The van der Waals surface area contributed by atoms with Gasteiger partial charge in [-0.05, 0) is 34.1 Å². The normalized spacial score (nSPS) is 11.4. The molecule has 0 radical (unpaired) electrons. The Morgan fingerprint density at radius 1 is 1.40 bits per heavy atom. The number of aromatic carboxylic acids is 1. The number of benzene rings is 1. The summed E-state index contributed by atoms with van der Waals surface area (Å²) in [5.41, 5.74) is -0.0496. The Morgan fingerprint density at radius 3 is 2.45 bits per heavy atom. The molecule has 0 unspecified atom stereocenters. The maximum Gasteiger partial charge on any atom is 0.335 e. The van der Waals surface area contributed by atoms with Crippen LogP contribution in [0.2, 0.25) is 0 Å². The summed E-state index contributed by atoms with van der Waals surface area (Å²) in [5.74, 6) is -1.87. The number of carboxylic acid groups (broad SMARTS) is 1. The molecular formula is C11H12BrNO6S. The highest BCUT2D eigenvalue weighted by molar-refractivity contribution is 9.10. The molecule has 0 amide bonds. The van der Waals surface area contributed by atoms with Crippen LogP contribution in [-0.2, 0) is 19.6 Å². The van der Waals surface area contributed by atoms with Gasteiger partial charge >= 0.3 is 11.9 Å². The number of rotatable bonds is 5. The van der Waals surface area contributed by atoms with Crippen molar-refractivity contribution in [1.82, 2.24) is 4.31 Å². The van der Waals surface area contributed by atoms with E-state index in [0.29, 0.717) is 0 Å². The Morgan fingerprint density at radius 2 is 2.00 bits per heavy atom. The largest absolute Gasteiger partial charge is 0.478 e. The molecule has 7 nitrogen and oxygen atoms in total.